The highest BCUT2D eigenvalue weighted by Crippen LogP contribution is 2.28. The molecule has 0 fully saturated rings. The summed E-state index contributed by atoms with van der Waals surface area (Å²) in [6.45, 7) is 5.55. The zero-order valence-corrected chi connectivity index (χ0v) is 12.5. The van der Waals surface area contributed by atoms with Crippen LogP contribution in [-0.4, -0.2) is 16.1 Å². The van der Waals surface area contributed by atoms with E-state index in [2.05, 4.69) is 15.5 Å². The lowest BCUT2D eigenvalue weighted by atomic mass is 9.96. The van der Waals surface area contributed by atoms with Crippen molar-refractivity contribution in [2.45, 2.75) is 20.8 Å². The van der Waals surface area contributed by atoms with Crippen LogP contribution >= 0.6 is 22.9 Å². The summed E-state index contributed by atoms with van der Waals surface area (Å²) in [5, 5.41) is 12.7. The van der Waals surface area contributed by atoms with Gasteiger partial charge in [-0.3, -0.25) is 4.79 Å². The lowest BCUT2D eigenvalue weighted by molar-refractivity contribution is -0.123. The molecule has 0 bridgehead atoms. The number of carbonyl (C=O) groups excluding carboxylic acids is 1. The lowest BCUT2D eigenvalue weighted by Crippen LogP contribution is -2.27. The van der Waals surface area contributed by atoms with Gasteiger partial charge in [-0.15, -0.1) is 10.2 Å². The van der Waals surface area contributed by atoms with Crippen molar-refractivity contribution in [3.63, 3.8) is 0 Å². The van der Waals surface area contributed by atoms with Crippen LogP contribution < -0.4 is 5.32 Å². The summed E-state index contributed by atoms with van der Waals surface area (Å²) < 4.78 is 0. The molecule has 0 aliphatic carbocycles. The molecule has 1 heterocycles. The Morgan fingerprint density at radius 3 is 2.42 bits per heavy atom. The molecule has 0 atom stereocenters. The second-order valence-electron chi connectivity index (χ2n) is 5.12. The molecule has 1 N–H and O–H groups in total. The van der Waals surface area contributed by atoms with Crippen LogP contribution in [0.15, 0.2) is 24.3 Å². The molecule has 0 spiro atoms. The highest BCUT2D eigenvalue weighted by molar-refractivity contribution is 7.18. The smallest absolute Gasteiger partial charge is 0.231 e. The maximum absolute atomic E-state index is 11.8. The molecular formula is C13H14ClN3OS. The number of anilines is 1. The Kier molecular flexibility index (Phi) is 3.87. The minimum Gasteiger partial charge on any atom is -0.300 e. The van der Waals surface area contributed by atoms with E-state index in [-0.39, 0.29) is 5.91 Å². The highest BCUT2D eigenvalue weighted by Gasteiger charge is 2.22. The minimum atomic E-state index is -0.452. The average Bonchev–Trinajstić information content (AvgIpc) is 2.77. The maximum atomic E-state index is 11.8. The van der Waals surface area contributed by atoms with Gasteiger partial charge in [-0.2, -0.15) is 0 Å². The van der Waals surface area contributed by atoms with E-state index in [1.54, 1.807) is 12.1 Å². The van der Waals surface area contributed by atoms with Gasteiger partial charge in [0, 0.05) is 16.0 Å². The molecule has 100 valence electrons. The fourth-order valence-electron chi connectivity index (χ4n) is 1.27. The monoisotopic (exact) mass is 295 g/mol. The van der Waals surface area contributed by atoms with Crippen molar-refractivity contribution < 1.29 is 4.79 Å². The third-order valence-corrected chi connectivity index (χ3v) is 3.56. The zero-order valence-electron chi connectivity index (χ0n) is 10.9. The normalized spacial score (nSPS) is 11.4. The van der Waals surface area contributed by atoms with E-state index in [4.69, 9.17) is 11.6 Å². The summed E-state index contributed by atoms with van der Waals surface area (Å²) in [6.07, 6.45) is 0. The van der Waals surface area contributed by atoms with E-state index < -0.39 is 5.41 Å². The summed E-state index contributed by atoms with van der Waals surface area (Å²) in [6, 6.07) is 7.34. The van der Waals surface area contributed by atoms with E-state index >= 15 is 0 Å². The second-order valence-corrected chi connectivity index (χ2v) is 6.54. The molecule has 0 saturated carbocycles. The zero-order chi connectivity index (χ0) is 14.0. The first-order chi connectivity index (χ1) is 8.86. The Labute approximate surface area is 120 Å². The van der Waals surface area contributed by atoms with Crippen molar-refractivity contribution in [1.29, 1.82) is 0 Å². The van der Waals surface area contributed by atoms with Crippen molar-refractivity contribution in [2.24, 2.45) is 5.41 Å². The number of carbonyl (C=O) groups is 1. The van der Waals surface area contributed by atoms with Crippen LogP contribution in [0, 0.1) is 5.41 Å². The summed E-state index contributed by atoms with van der Waals surface area (Å²) in [7, 11) is 0. The number of amides is 1. The molecule has 2 rings (SSSR count). The van der Waals surface area contributed by atoms with Crippen LogP contribution in [0.25, 0.3) is 10.6 Å². The summed E-state index contributed by atoms with van der Waals surface area (Å²) in [5.41, 5.74) is 0.477. The summed E-state index contributed by atoms with van der Waals surface area (Å²) in [4.78, 5) is 11.8. The number of hydrogen-bond acceptors (Lipinski definition) is 4. The molecule has 6 heteroatoms. The van der Waals surface area contributed by atoms with E-state index in [9.17, 15) is 4.79 Å². The molecule has 19 heavy (non-hydrogen) atoms. The number of nitrogens with zero attached hydrogens (tertiary/aromatic N) is 2. The molecule has 1 aromatic carbocycles. The van der Waals surface area contributed by atoms with Crippen LogP contribution in [-0.2, 0) is 4.79 Å². The average molecular weight is 296 g/mol. The molecule has 0 aliphatic rings. The Morgan fingerprint density at radius 2 is 1.84 bits per heavy atom. The number of aromatic nitrogens is 2. The van der Waals surface area contributed by atoms with Crippen LogP contribution in [0.1, 0.15) is 20.8 Å². The molecule has 4 nitrogen and oxygen atoms in total. The van der Waals surface area contributed by atoms with Gasteiger partial charge in [0.05, 0.1) is 0 Å². The number of halogens is 1. The van der Waals surface area contributed by atoms with Gasteiger partial charge in [0.15, 0.2) is 0 Å². The van der Waals surface area contributed by atoms with Crippen molar-refractivity contribution in [3.8, 4) is 10.6 Å². The number of rotatable bonds is 2. The van der Waals surface area contributed by atoms with Gasteiger partial charge in [0.1, 0.15) is 5.01 Å². The Balaban J connectivity index is 2.16. The predicted octanol–water partition coefficient (Wildman–Crippen LogP) is 3.84. The minimum absolute atomic E-state index is 0.0775. The van der Waals surface area contributed by atoms with Crippen molar-refractivity contribution in [2.75, 3.05) is 5.32 Å². The number of nitrogens with one attached hydrogen (secondary N) is 1. The van der Waals surface area contributed by atoms with Crippen LogP contribution in [0.5, 0.6) is 0 Å². The van der Waals surface area contributed by atoms with Crippen LogP contribution in [0.3, 0.4) is 0 Å². The first-order valence-corrected chi connectivity index (χ1v) is 6.96. The molecule has 0 aliphatic heterocycles. The van der Waals surface area contributed by atoms with Crippen molar-refractivity contribution in [3.05, 3.63) is 29.3 Å². The molecule has 0 unspecified atom stereocenters. The van der Waals surface area contributed by atoms with Crippen molar-refractivity contribution >= 4 is 34.0 Å². The topological polar surface area (TPSA) is 54.9 Å². The van der Waals surface area contributed by atoms with E-state index in [1.807, 2.05) is 32.9 Å². The van der Waals surface area contributed by atoms with Gasteiger partial charge >= 0.3 is 0 Å². The summed E-state index contributed by atoms with van der Waals surface area (Å²) >= 11 is 7.17. The van der Waals surface area contributed by atoms with Crippen LogP contribution in [0.4, 0.5) is 5.13 Å². The van der Waals surface area contributed by atoms with Crippen molar-refractivity contribution in [1.82, 2.24) is 10.2 Å². The Hall–Kier alpha value is -1.46. The van der Waals surface area contributed by atoms with E-state index in [0.29, 0.717) is 10.2 Å². The molecule has 1 aromatic heterocycles. The van der Waals surface area contributed by atoms with Gasteiger partial charge in [-0.05, 0) is 12.1 Å². The quantitative estimate of drug-likeness (QED) is 0.915. The second kappa shape index (κ2) is 5.27. The van der Waals surface area contributed by atoms with Gasteiger partial charge < -0.3 is 5.32 Å². The number of hydrogen-bond donors (Lipinski definition) is 1. The molecule has 0 radical (unpaired) electrons. The van der Waals surface area contributed by atoms with Crippen LogP contribution in [0.2, 0.25) is 5.02 Å². The third kappa shape index (κ3) is 3.52. The van der Waals surface area contributed by atoms with E-state index in [0.717, 1.165) is 10.6 Å². The molecule has 2 aromatic rings. The SMILES string of the molecule is CC(C)(C)C(=O)Nc1nnc(-c2ccc(Cl)cc2)s1. The fourth-order valence-corrected chi connectivity index (χ4v) is 2.14. The first kappa shape index (κ1) is 14.0. The maximum Gasteiger partial charge on any atom is 0.231 e. The molecule has 1 amide bonds. The van der Waals surface area contributed by atoms with Gasteiger partial charge in [-0.1, -0.05) is 55.8 Å². The molecular weight excluding hydrogens is 282 g/mol. The standard InChI is InChI=1S/C13H14ClN3OS/c1-13(2,3)11(18)15-12-17-16-10(19-12)8-4-6-9(14)7-5-8/h4-7H,1-3H3,(H,15,17,18). The third-order valence-electron chi connectivity index (χ3n) is 2.42. The lowest BCUT2D eigenvalue weighted by Gasteiger charge is -2.15. The summed E-state index contributed by atoms with van der Waals surface area (Å²) in [5.74, 6) is -0.0775. The highest BCUT2D eigenvalue weighted by atomic mass is 35.5. The largest absolute Gasteiger partial charge is 0.300 e. The first-order valence-electron chi connectivity index (χ1n) is 5.77. The Bertz CT molecular complexity index is 587. The fraction of sp³-hybridized carbons (Fsp3) is 0.308. The molecule has 0 saturated heterocycles. The predicted molar refractivity (Wildman–Crippen MR) is 78.4 cm³/mol. The van der Waals surface area contributed by atoms with Gasteiger partial charge in [0.25, 0.3) is 0 Å². The van der Waals surface area contributed by atoms with Gasteiger partial charge in [0.2, 0.25) is 11.0 Å². The Morgan fingerprint density at radius 1 is 1.21 bits per heavy atom. The van der Waals surface area contributed by atoms with Gasteiger partial charge in [-0.25, -0.2) is 0 Å². The number of benzene rings is 1. The van der Waals surface area contributed by atoms with E-state index in [1.165, 1.54) is 11.3 Å².